The summed E-state index contributed by atoms with van der Waals surface area (Å²) in [4.78, 5) is 15.2. The Morgan fingerprint density at radius 3 is 2.33 bits per heavy atom. The Morgan fingerprint density at radius 1 is 1.00 bits per heavy atom. The predicted molar refractivity (Wildman–Crippen MR) is 96.4 cm³/mol. The van der Waals surface area contributed by atoms with Gasteiger partial charge in [-0.05, 0) is 29.7 Å². The summed E-state index contributed by atoms with van der Waals surface area (Å²) in [5, 5.41) is 10.7. The molecule has 0 amide bonds. The molecule has 1 aliphatic heterocycles. The summed E-state index contributed by atoms with van der Waals surface area (Å²) in [5.41, 5.74) is 3.96. The summed E-state index contributed by atoms with van der Waals surface area (Å²) in [5.74, 6) is 0. The predicted octanol–water partition coefficient (Wildman–Crippen LogP) is 3.48. The lowest BCUT2D eigenvalue weighted by Crippen LogP contribution is -2.46. The van der Waals surface area contributed by atoms with Gasteiger partial charge in [0.25, 0.3) is 5.69 Å². The smallest absolute Gasteiger partial charge is 0.269 e. The highest BCUT2D eigenvalue weighted by atomic mass is 16.6. The Labute approximate surface area is 142 Å². The molecule has 1 fully saturated rings. The lowest BCUT2D eigenvalue weighted by Gasteiger charge is -2.36. The molecule has 0 unspecified atom stereocenters. The van der Waals surface area contributed by atoms with Crippen LogP contribution in [0.4, 0.5) is 11.4 Å². The first kappa shape index (κ1) is 16.5. The lowest BCUT2D eigenvalue weighted by atomic mass is 10.1. The second kappa shape index (κ2) is 7.45. The van der Waals surface area contributed by atoms with Crippen LogP contribution in [0.15, 0.2) is 48.5 Å². The number of non-ortho nitro benzene ring substituents is 1. The maximum absolute atomic E-state index is 10.7. The van der Waals surface area contributed by atoms with Gasteiger partial charge < -0.3 is 4.90 Å². The van der Waals surface area contributed by atoms with Gasteiger partial charge in [-0.1, -0.05) is 31.2 Å². The van der Waals surface area contributed by atoms with Crippen molar-refractivity contribution in [2.24, 2.45) is 0 Å². The molecule has 1 aliphatic rings. The maximum Gasteiger partial charge on any atom is 0.269 e. The zero-order valence-corrected chi connectivity index (χ0v) is 14.0. The first-order valence-corrected chi connectivity index (χ1v) is 8.45. The van der Waals surface area contributed by atoms with Crippen molar-refractivity contribution >= 4 is 11.4 Å². The molecule has 0 aromatic heterocycles. The summed E-state index contributed by atoms with van der Waals surface area (Å²) in [6, 6.07) is 15.7. The number of nitro groups is 1. The van der Waals surface area contributed by atoms with Gasteiger partial charge >= 0.3 is 0 Å². The normalized spacial score (nSPS) is 15.5. The van der Waals surface area contributed by atoms with E-state index >= 15 is 0 Å². The van der Waals surface area contributed by atoms with Gasteiger partial charge in [0.1, 0.15) is 0 Å². The number of hydrogen-bond donors (Lipinski definition) is 0. The third-order valence-electron chi connectivity index (χ3n) is 4.61. The minimum absolute atomic E-state index is 0.152. The van der Waals surface area contributed by atoms with Crippen molar-refractivity contribution in [1.82, 2.24) is 4.90 Å². The standard InChI is InChI=1S/C19H23N3O2/c1-2-16-4-3-5-19(14-16)21-12-10-20(11-13-21)15-17-6-8-18(9-7-17)22(23)24/h3-9,14H,2,10-13,15H2,1H3. The molecule has 1 heterocycles. The quantitative estimate of drug-likeness (QED) is 0.624. The summed E-state index contributed by atoms with van der Waals surface area (Å²) < 4.78 is 0. The molecule has 0 atom stereocenters. The fourth-order valence-corrected chi connectivity index (χ4v) is 3.12. The molecule has 126 valence electrons. The van der Waals surface area contributed by atoms with Crippen LogP contribution in [0.2, 0.25) is 0 Å². The maximum atomic E-state index is 10.7. The van der Waals surface area contributed by atoms with Gasteiger partial charge in [0.2, 0.25) is 0 Å². The fourth-order valence-electron chi connectivity index (χ4n) is 3.12. The van der Waals surface area contributed by atoms with Crippen molar-refractivity contribution in [2.75, 3.05) is 31.1 Å². The number of hydrogen-bond acceptors (Lipinski definition) is 4. The number of benzene rings is 2. The average molecular weight is 325 g/mol. The van der Waals surface area contributed by atoms with Gasteiger partial charge in [-0.3, -0.25) is 15.0 Å². The van der Waals surface area contributed by atoms with Crippen molar-refractivity contribution in [3.05, 3.63) is 69.8 Å². The molecule has 2 aromatic carbocycles. The van der Waals surface area contributed by atoms with Crippen molar-refractivity contribution in [3.8, 4) is 0 Å². The van der Waals surface area contributed by atoms with Crippen molar-refractivity contribution in [3.63, 3.8) is 0 Å². The van der Waals surface area contributed by atoms with Crippen LogP contribution in [0.5, 0.6) is 0 Å². The monoisotopic (exact) mass is 325 g/mol. The zero-order valence-electron chi connectivity index (χ0n) is 14.0. The number of piperazine rings is 1. The number of nitro benzene ring substituents is 1. The average Bonchev–Trinajstić information content (AvgIpc) is 2.63. The molecule has 0 bridgehead atoms. The molecular formula is C19H23N3O2. The Kier molecular flexibility index (Phi) is 5.11. The van der Waals surface area contributed by atoms with Crippen molar-refractivity contribution in [2.45, 2.75) is 19.9 Å². The van der Waals surface area contributed by atoms with E-state index in [-0.39, 0.29) is 10.6 Å². The molecule has 5 nitrogen and oxygen atoms in total. The van der Waals surface area contributed by atoms with E-state index in [0.717, 1.165) is 44.7 Å². The molecule has 3 rings (SSSR count). The van der Waals surface area contributed by atoms with Crippen LogP contribution >= 0.6 is 0 Å². The first-order valence-electron chi connectivity index (χ1n) is 8.45. The van der Waals surface area contributed by atoms with Crippen LogP contribution in [0.25, 0.3) is 0 Å². The number of nitrogens with zero attached hydrogens (tertiary/aromatic N) is 3. The van der Waals surface area contributed by atoms with Crippen LogP contribution in [0.3, 0.4) is 0 Å². The third-order valence-corrected chi connectivity index (χ3v) is 4.61. The molecule has 0 saturated carbocycles. The van der Waals surface area contributed by atoms with Gasteiger partial charge in [-0.15, -0.1) is 0 Å². The summed E-state index contributed by atoms with van der Waals surface area (Å²) in [6.45, 7) is 7.07. The Balaban J connectivity index is 1.55. The topological polar surface area (TPSA) is 49.6 Å². The van der Waals surface area contributed by atoms with E-state index in [4.69, 9.17) is 0 Å². The Bertz CT molecular complexity index is 692. The minimum Gasteiger partial charge on any atom is -0.369 e. The molecule has 2 aromatic rings. The molecule has 0 spiro atoms. The SMILES string of the molecule is CCc1cccc(N2CCN(Cc3ccc([N+](=O)[O-])cc3)CC2)c1. The molecule has 0 radical (unpaired) electrons. The summed E-state index contributed by atoms with van der Waals surface area (Å²) in [6.07, 6.45) is 1.06. The van der Waals surface area contributed by atoms with Gasteiger partial charge in [0.15, 0.2) is 0 Å². The van der Waals surface area contributed by atoms with E-state index in [2.05, 4.69) is 41.0 Å². The van der Waals surface area contributed by atoms with E-state index < -0.39 is 0 Å². The van der Waals surface area contributed by atoms with Crippen LogP contribution in [0.1, 0.15) is 18.1 Å². The van der Waals surface area contributed by atoms with Gasteiger partial charge in [-0.25, -0.2) is 0 Å². The van der Waals surface area contributed by atoms with Gasteiger partial charge in [0.05, 0.1) is 4.92 Å². The molecule has 0 aliphatic carbocycles. The van der Waals surface area contributed by atoms with Gasteiger partial charge in [0, 0.05) is 50.5 Å². The highest BCUT2D eigenvalue weighted by molar-refractivity contribution is 5.49. The van der Waals surface area contributed by atoms with Crippen LogP contribution in [-0.2, 0) is 13.0 Å². The highest BCUT2D eigenvalue weighted by Gasteiger charge is 2.17. The largest absolute Gasteiger partial charge is 0.369 e. The Morgan fingerprint density at radius 2 is 1.71 bits per heavy atom. The molecule has 0 N–H and O–H groups in total. The van der Waals surface area contributed by atoms with Crippen LogP contribution in [-0.4, -0.2) is 36.0 Å². The fraction of sp³-hybridized carbons (Fsp3) is 0.368. The number of rotatable bonds is 5. The first-order chi connectivity index (χ1) is 11.7. The van der Waals surface area contributed by atoms with E-state index in [0.29, 0.717) is 0 Å². The molecule has 1 saturated heterocycles. The Hall–Kier alpha value is -2.40. The van der Waals surface area contributed by atoms with E-state index in [1.807, 2.05) is 12.1 Å². The summed E-state index contributed by atoms with van der Waals surface area (Å²) in [7, 11) is 0. The zero-order chi connectivity index (χ0) is 16.9. The van der Waals surface area contributed by atoms with E-state index in [9.17, 15) is 10.1 Å². The lowest BCUT2D eigenvalue weighted by molar-refractivity contribution is -0.384. The third kappa shape index (κ3) is 3.92. The summed E-state index contributed by atoms with van der Waals surface area (Å²) >= 11 is 0. The van der Waals surface area contributed by atoms with E-state index in [1.54, 1.807) is 12.1 Å². The second-order valence-electron chi connectivity index (χ2n) is 6.21. The number of aryl methyl sites for hydroxylation is 1. The van der Waals surface area contributed by atoms with Crippen molar-refractivity contribution < 1.29 is 4.92 Å². The molecule has 24 heavy (non-hydrogen) atoms. The van der Waals surface area contributed by atoms with Crippen molar-refractivity contribution in [1.29, 1.82) is 0 Å². The second-order valence-corrected chi connectivity index (χ2v) is 6.21. The molecule has 5 heteroatoms. The number of anilines is 1. The van der Waals surface area contributed by atoms with E-state index in [1.165, 1.54) is 11.3 Å². The van der Waals surface area contributed by atoms with Crippen LogP contribution < -0.4 is 4.90 Å². The minimum atomic E-state index is -0.354. The molecular weight excluding hydrogens is 302 g/mol. The van der Waals surface area contributed by atoms with Gasteiger partial charge in [-0.2, -0.15) is 0 Å². The van der Waals surface area contributed by atoms with Crippen LogP contribution in [0, 0.1) is 10.1 Å². The highest BCUT2D eigenvalue weighted by Crippen LogP contribution is 2.20.